The summed E-state index contributed by atoms with van der Waals surface area (Å²) in [4.78, 5) is 10.4. The van der Waals surface area contributed by atoms with E-state index in [0.717, 1.165) is 13.0 Å². The lowest BCUT2D eigenvalue weighted by Gasteiger charge is -2.03. The zero-order valence-electron chi connectivity index (χ0n) is 4.55. The molecular weight excluding hydrogens is 108 g/mol. The smallest absolute Gasteiger partial charge is 0.236 e. The van der Waals surface area contributed by atoms with Crippen LogP contribution in [0.15, 0.2) is 0 Å². The van der Waals surface area contributed by atoms with Crippen molar-refractivity contribution in [3.63, 3.8) is 0 Å². The van der Waals surface area contributed by atoms with E-state index in [9.17, 15) is 4.79 Å². The molecule has 0 bridgehead atoms. The number of hydrazine groups is 1. The summed E-state index contributed by atoms with van der Waals surface area (Å²) in [5, 5.41) is 1.26. The molecule has 4 N–H and O–H groups in total. The molecule has 1 amide bonds. The Bertz CT molecular complexity index is 94.0. The Morgan fingerprint density at radius 2 is 2.25 bits per heavy atom. The van der Waals surface area contributed by atoms with Crippen LogP contribution in [0, 0.1) is 0 Å². The first-order valence-corrected chi connectivity index (χ1v) is 2.36. The number of rotatable bonds is 0. The molecule has 1 fully saturated rings. The van der Waals surface area contributed by atoms with E-state index >= 15 is 0 Å². The summed E-state index contributed by atoms with van der Waals surface area (Å²) >= 11 is 0. The summed E-state index contributed by atoms with van der Waals surface area (Å²) < 4.78 is 0. The van der Waals surface area contributed by atoms with Crippen LogP contribution in [-0.2, 0) is 4.79 Å². The molecule has 1 rings (SSSR count). The van der Waals surface area contributed by atoms with Gasteiger partial charge in [0.1, 0.15) is 0 Å². The fourth-order valence-electron chi connectivity index (χ4n) is 0.669. The van der Waals surface area contributed by atoms with Gasteiger partial charge in [-0.2, -0.15) is 0 Å². The van der Waals surface area contributed by atoms with E-state index in [0.29, 0.717) is 6.42 Å². The number of carbonyl (C=O) groups excluding carboxylic acids is 1. The first kappa shape index (κ1) is 7.39. The molecule has 4 nitrogen and oxygen atoms in total. The third kappa shape index (κ3) is 1.18. The van der Waals surface area contributed by atoms with Crippen molar-refractivity contribution in [2.24, 2.45) is 5.84 Å². The monoisotopic (exact) mass is 118 g/mol. The summed E-state index contributed by atoms with van der Waals surface area (Å²) in [5.74, 6) is 5.23. The lowest BCUT2D eigenvalue weighted by Crippen LogP contribution is -2.31. The van der Waals surface area contributed by atoms with Gasteiger partial charge in [0.2, 0.25) is 5.91 Å². The van der Waals surface area contributed by atoms with Crippen molar-refractivity contribution >= 4 is 5.91 Å². The minimum Gasteiger partial charge on any atom is -0.412 e. The average Bonchev–Trinajstić information content (AvgIpc) is 1.91. The van der Waals surface area contributed by atoms with Crippen LogP contribution >= 0.6 is 0 Å². The van der Waals surface area contributed by atoms with Crippen molar-refractivity contribution in [3.8, 4) is 0 Å². The summed E-state index contributed by atoms with van der Waals surface area (Å²) in [7, 11) is 0. The van der Waals surface area contributed by atoms with Gasteiger partial charge in [-0.05, 0) is 6.42 Å². The number of nitrogens with zero attached hydrogens (tertiary/aromatic N) is 1. The highest BCUT2D eigenvalue weighted by atomic mass is 16.2. The fourth-order valence-corrected chi connectivity index (χ4v) is 0.669. The van der Waals surface area contributed by atoms with Crippen LogP contribution in [-0.4, -0.2) is 22.9 Å². The highest BCUT2D eigenvalue weighted by molar-refractivity contribution is 5.77. The summed E-state index contributed by atoms with van der Waals surface area (Å²) in [6, 6.07) is 0. The molecular formula is C4H10N2O2. The van der Waals surface area contributed by atoms with Gasteiger partial charge in [-0.1, -0.05) is 0 Å². The topological polar surface area (TPSA) is 77.8 Å². The number of carbonyl (C=O) groups is 1. The van der Waals surface area contributed by atoms with Crippen LogP contribution in [0.2, 0.25) is 0 Å². The maximum Gasteiger partial charge on any atom is 0.236 e. The molecule has 1 aliphatic heterocycles. The van der Waals surface area contributed by atoms with E-state index in [1.165, 1.54) is 5.01 Å². The average molecular weight is 118 g/mol. The van der Waals surface area contributed by atoms with Crippen LogP contribution < -0.4 is 5.84 Å². The van der Waals surface area contributed by atoms with E-state index in [-0.39, 0.29) is 11.4 Å². The Morgan fingerprint density at radius 3 is 2.38 bits per heavy atom. The normalized spacial score (nSPS) is 18.6. The highest BCUT2D eigenvalue weighted by Crippen LogP contribution is 2.02. The van der Waals surface area contributed by atoms with Crippen LogP contribution in [0.3, 0.4) is 0 Å². The number of amides is 1. The van der Waals surface area contributed by atoms with E-state index < -0.39 is 0 Å². The molecule has 0 spiro atoms. The van der Waals surface area contributed by atoms with Crippen molar-refractivity contribution in [2.75, 3.05) is 6.54 Å². The molecule has 1 aliphatic rings. The Kier molecular flexibility index (Phi) is 2.44. The number of nitrogens with two attached hydrogens (primary N) is 1. The molecule has 1 heterocycles. The van der Waals surface area contributed by atoms with Gasteiger partial charge in [-0.3, -0.25) is 9.80 Å². The van der Waals surface area contributed by atoms with Crippen molar-refractivity contribution in [3.05, 3.63) is 0 Å². The highest BCUT2D eigenvalue weighted by Gasteiger charge is 2.15. The molecule has 0 atom stereocenters. The zero-order valence-corrected chi connectivity index (χ0v) is 4.55. The fraction of sp³-hybridized carbons (Fsp3) is 0.750. The van der Waals surface area contributed by atoms with Crippen molar-refractivity contribution < 1.29 is 10.3 Å². The third-order valence-corrected chi connectivity index (χ3v) is 1.11. The second-order valence-corrected chi connectivity index (χ2v) is 1.69. The lowest BCUT2D eigenvalue weighted by atomic mass is 10.4. The summed E-state index contributed by atoms with van der Waals surface area (Å²) in [5.41, 5.74) is 0. The van der Waals surface area contributed by atoms with Crippen LogP contribution in [0.4, 0.5) is 0 Å². The Balaban J connectivity index is 0.000000490. The van der Waals surface area contributed by atoms with E-state index in [2.05, 4.69) is 0 Å². The molecule has 0 aromatic heterocycles. The van der Waals surface area contributed by atoms with Crippen molar-refractivity contribution in [2.45, 2.75) is 12.8 Å². The van der Waals surface area contributed by atoms with Gasteiger partial charge in [-0.15, -0.1) is 0 Å². The maximum absolute atomic E-state index is 10.4. The largest absolute Gasteiger partial charge is 0.412 e. The maximum atomic E-state index is 10.4. The first-order valence-electron chi connectivity index (χ1n) is 2.36. The lowest BCUT2D eigenvalue weighted by molar-refractivity contribution is -0.127. The zero-order chi connectivity index (χ0) is 5.28. The van der Waals surface area contributed by atoms with Gasteiger partial charge in [-0.25, -0.2) is 5.84 Å². The van der Waals surface area contributed by atoms with Gasteiger partial charge < -0.3 is 5.48 Å². The molecule has 8 heavy (non-hydrogen) atoms. The molecule has 1 saturated heterocycles. The molecule has 0 saturated carbocycles. The quantitative estimate of drug-likeness (QED) is 0.315. The van der Waals surface area contributed by atoms with Crippen LogP contribution in [0.25, 0.3) is 0 Å². The number of hydrogen-bond donors (Lipinski definition) is 1. The van der Waals surface area contributed by atoms with E-state index in [1.807, 2.05) is 0 Å². The molecule has 0 aliphatic carbocycles. The Labute approximate surface area is 47.5 Å². The molecule has 0 unspecified atom stereocenters. The minimum absolute atomic E-state index is 0. The van der Waals surface area contributed by atoms with Gasteiger partial charge in [0.05, 0.1) is 0 Å². The van der Waals surface area contributed by atoms with E-state index in [4.69, 9.17) is 5.84 Å². The first-order chi connectivity index (χ1) is 3.30. The van der Waals surface area contributed by atoms with Crippen LogP contribution in [0.1, 0.15) is 12.8 Å². The Hall–Kier alpha value is -0.610. The number of hydrogen-bond acceptors (Lipinski definition) is 2. The van der Waals surface area contributed by atoms with Gasteiger partial charge >= 0.3 is 0 Å². The Morgan fingerprint density at radius 1 is 1.62 bits per heavy atom. The second-order valence-electron chi connectivity index (χ2n) is 1.69. The van der Waals surface area contributed by atoms with Crippen LogP contribution in [0.5, 0.6) is 0 Å². The molecule has 0 radical (unpaired) electrons. The van der Waals surface area contributed by atoms with E-state index in [1.54, 1.807) is 0 Å². The second kappa shape index (κ2) is 2.64. The molecule has 0 aromatic rings. The van der Waals surface area contributed by atoms with Gasteiger partial charge in [0.25, 0.3) is 0 Å². The van der Waals surface area contributed by atoms with Gasteiger partial charge in [0.15, 0.2) is 0 Å². The minimum atomic E-state index is 0. The molecule has 48 valence electrons. The third-order valence-electron chi connectivity index (χ3n) is 1.11. The van der Waals surface area contributed by atoms with Crippen molar-refractivity contribution in [1.29, 1.82) is 0 Å². The molecule has 4 heteroatoms. The summed E-state index contributed by atoms with van der Waals surface area (Å²) in [6.45, 7) is 0.735. The van der Waals surface area contributed by atoms with Gasteiger partial charge in [0, 0.05) is 13.0 Å². The van der Waals surface area contributed by atoms with Crippen molar-refractivity contribution in [1.82, 2.24) is 5.01 Å². The molecule has 0 aromatic carbocycles. The summed E-state index contributed by atoms with van der Waals surface area (Å²) in [6.07, 6.45) is 1.56. The standard InChI is InChI=1S/C4H8N2O.H2O/c5-6-3-1-2-4(6)7;/h1-3,5H2;1H2. The SMILES string of the molecule is NN1CCCC1=O.O. The predicted octanol–water partition coefficient (Wildman–Crippen LogP) is -1.34. The predicted molar refractivity (Wildman–Crippen MR) is 28.7 cm³/mol.